The van der Waals surface area contributed by atoms with E-state index in [2.05, 4.69) is 0 Å². The van der Waals surface area contributed by atoms with Gasteiger partial charge in [0, 0.05) is 0 Å². The van der Waals surface area contributed by atoms with E-state index < -0.39 is 11.7 Å². The SMILES string of the molecule is CC(C)c1cccc(Oc2cccc(C(F)(F)F)c2)c1. The van der Waals surface area contributed by atoms with Crippen molar-refractivity contribution in [1.29, 1.82) is 0 Å². The summed E-state index contributed by atoms with van der Waals surface area (Å²) in [4.78, 5) is 0. The van der Waals surface area contributed by atoms with Gasteiger partial charge in [0.05, 0.1) is 5.56 Å². The van der Waals surface area contributed by atoms with E-state index in [-0.39, 0.29) is 5.75 Å². The van der Waals surface area contributed by atoms with Crippen LogP contribution in [-0.4, -0.2) is 0 Å². The predicted octanol–water partition coefficient (Wildman–Crippen LogP) is 5.62. The molecule has 0 atom stereocenters. The van der Waals surface area contributed by atoms with Crippen LogP contribution in [0, 0.1) is 0 Å². The third-order valence-corrected chi connectivity index (χ3v) is 2.92. The molecule has 0 N–H and O–H groups in total. The first kappa shape index (κ1) is 14.4. The average molecular weight is 280 g/mol. The second-order valence-corrected chi connectivity index (χ2v) is 4.85. The molecule has 0 unspecified atom stereocenters. The van der Waals surface area contributed by atoms with E-state index in [4.69, 9.17) is 4.74 Å². The fourth-order valence-corrected chi connectivity index (χ4v) is 1.81. The molecule has 0 saturated heterocycles. The highest BCUT2D eigenvalue weighted by atomic mass is 19.4. The van der Waals surface area contributed by atoms with E-state index in [0.29, 0.717) is 11.7 Å². The van der Waals surface area contributed by atoms with Gasteiger partial charge in [-0.15, -0.1) is 0 Å². The Morgan fingerprint density at radius 1 is 0.900 bits per heavy atom. The summed E-state index contributed by atoms with van der Waals surface area (Å²) in [6, 6.07) is 12.2. The normalized spacial score (nSPS) is 11.7. The first-order chi connectivity index (χ1) is 9.36. The highest BCUT2D eigenvalue weighted by Gasteiger charge is 2.30. The fourth-order valence-electron chi connectivity index (χ4n) is 1.81. The molecule has 0 fully saturated rings. The van der Waals surface area contributed by atoms with Gasteiger partial charge in [-0.25, -0.2) is 0 Å². The Bertz CT molecular complexity index is 588. The number of ether oxygens (including phenoxy) is 1. The lowest BCUT2D eigenvalue weighted by atomic mass is 10.0. The van der Waals surface area contributed by atoms with E-state index in [1.54, 1.807) is 6.07 Å². The summed E-state index contributed by atoms with van der Waals surface area (Å²) < 4.78 is 43.4. The van der Waals surface area contributed by atoms with Crippen LogP contribution in [0.3, 0.4) is 0 Å². The zero-order chi connectivity index (χ0) is 14.8. The lowest BCUT2D eigenvalue weighted by Crippen LogP contribution is -2.04. The summed E-state index contributed by atoms with van der Waals surface area (Å²) in [7, 11) is 0. The van der Waals surface area contributed by atoms with E-state index in [0.717, 1.165) is 17.7 Å². The summed E-state index contributed by atoms with van der Waals surface area (Å²) in [6.07, 6.45) is -4.36. The van der Waals surface area contributed by atoms with Crippen LogP contribution in [0.2, 0.25) is 0 Å². The molecule has 0 spiro atoms. The lowest BCUT2D eigenvalue weighted by molar-refractivity contribution is -0.137. The van der Waals surface area contributed by atoms with Gasteiger partial charge in [-0.3, -0.25) is 0 Å². The maximum atomic E-state index is 12.6. The number of rotatable bonds is 3. The molecule has 4 heteroatoms. The molecule has 1 nitrogen and oxygen atoms in total. The van der Waals surface area contributed by atoms with Gasteiger partial charge in [-0.2, -0.15) is 13.2 Å². The van der Waals surface area contributed by atoms with Gasteiger partial charge in [0.15, 0.2) is 0 Å². The monoisotopic (exact) mass is 280 g/mol. The van der Waals surface area contributed by atoms with Crippen LogP contribution < -0.4 is 4.74 Å². The molecule has 0 aliphatic heterocycles. The van der Waals surface area contributed by atoms with Gasteiger partial charge < -0.3 is 4.74 Å². The Morgan fingerprint density at radius 3 is 2.10 bits per heavy atom. The van der Waals surface area contributed by atoms with Crippen molar-refractivity contribution in [2.45, 2.75) is 25.9 Å². The predicted molar refractivity (Wildman–Crippen MR) is 72.0 cm³/mol. The summed E-state index contributed by atoms with van der Waals surface area (Å²) in [5.41, 5.74) is 0.365. The van der Waals surface area contributed by atoms with E-state index in [1.165, 1.54) is 12.1 Å². The molecule has 2 aromatic carbocycles. The van der Waals surface area contributed by atoms with E-state index in [1.807, 2.05) is 32.0 Å². The maximum Gasteiger partial charge on any atom is 0.416 e. The smallest absolute Gasteiger partial charge is 0.416 e. The number of halogens is 3. The minimum atomic E-state index is -4.36. The second-order valence-electron chi connectivity index (χ2n) is 4.85. The van der Waals surface area contributed by atoms with Crippen LogP contribution in [-0.2, 0) is 6.18 Å². The minimum Gasteiger partial charge on any atom is -0.457 e. The molecule has 0 aliphatic carbocycles. The third kappa shape index (κ3) is 3.53. The first-order valence-electron chi connectivity index (χ1n) is 6.31. The van der Waals surface area contributed by atoms with Gasteiger partial charge in [-0.05, 0) is 41.8 Å². The van der Waals surface area contributed by atoms with Crippen LogP contribution in [0.4, 0.5) is 13.2 Å². The van der Waals surface area contributed by atoms with Crippen molar-refractivity contribution in [3.05, 3.63) is 59.7 Å². The highest BCUT2D eigenvalue weighted by molar-refractivity contribution is 5.37. The van der Waals surface area contributed by atoms with Crippen LogP contribution in [0.15, 0.2) is 48.5 Å². The van der Waals surface area contributed by atoms with Crippen molar-refractivity contribution >= 4 is 0 Å². The number of hydrogen-bond acceptors (Lipinski definition) is 1. The molecular weight excluding hydrogens is 265 g/mol. The van der Waals surface area contributed by atoms with Gasteiger partial charge in [0.1, 0.15) is 11.5 Å². The van der Waals surface area contributed by atoms with Gasteiger partial charge in [0.2, 0.25) is 0 Å². The standard InChI is InChI=1S/C16H15F3O/c1-11(2)12-5-3-7-14(9-12)20-15-8-4-6-13(10-15)16(17,18)19/h3-11H,1-2H3. The second kappa shape index (κ2) is 5.57. The van der Waals surface area contributed by atoms with E-state index in [9.17, 15) is 13.2 Å². The Morgan fingerprint density at radius 2 is 1.50 bits per heavy atom. The third-order valence-electron chi connectivity index (χ3n) is 2.92. The summed E-state index contributed by atoms with van der Waals surface area (Å²) in [5.74, 6) is 1.05. The zero-order valence-corrected chi connectivity index (χ0v) is 11.2. The van der Waals surface area contributed by atoms with Crippen molar-refractivity contribution in [2.24, 2.45) is 0 Å². The van der Waals surface area contributed by atoms with E-state index >= 15 is 0 Å². The van der Waals surface area contributed by atoms with Crippen molar-refractivity contribution < 1.29 is 17.9 Å². The number of alkyl halides is 3. The molecule has 0 aromatic heterocycles. The molecule has 0 radical (unpaired) electrons. The molecule has 0 heterocycles. The van der Waals surface area contributed by atoms with Gasteiger partial charge in [-0.1, -0.05) is 32.0 Å². The molecule has 2 rings (SSSR count). The largest absolute Gasteiger partial charge is 0.457 e. The summed E-state index contributed by atoms with van der Waals surface area (Å²) >= 11 is 0. The molecular formula is C16H15F3O. The van der Waals surface area contributed by atoms with Crippen LogP contribution in [0.1, 0.15) is 30.9 Å². The molecule has 20 heavy (non-hydrogen) atoms. The van der Waals surface area contributed by atoms with Crippen molar-refractivity contribution in [3.8, 4) is 11.5 Å². The molecule has 2 aromatic rings. The summed E-state index contributed by atoms with van der Waals surface area (Å²) in [6.45, 7) is 4.09. The Labute approximate surface area is 116 Å². The molecule has 0 saturated carbocycles. The highest BCUT2D eigenvalue weighted by Crippen LogP contribution is 2.33. The Kier molecular flexibility index (Phi) is 4.02. The fraction of sp³-hybridized carbons (Fsp3) is 0.250. The zero-order valence-electron chi connectivity index (χ0n) is 11.2. The molecule has 106 valence electrons. The van der Waals surface area contributed by atoms with Crippen LogP contribution in [0.25, 0.3) is 0 Å². The lowest BCUT2D eigenvalue weighted by Gasteiger charge is -2.11. The maximum absolute atomic E-state index is 12.6. The number of hydrogen-bond donors (Lipinski definition) is 0. The minimum absolute atomic E-state index is 0.181. The topological polar surface area (TPSA) is 9.23 Å². The Balaban J connectivity index is 2.24. The van der Waals surface area contributed by atoms with Gasteiger partial charge in [0.25, 0.3) is 0 Å². The Hall–Kier alpha value is -1.97. The van der Waals surface area contributed by atoms with Crippen LogP contribution >= 0.6 is 0 Å². The van der Waals surface area contributed by atoms with Crippen molar-refractivity contribution in [1.82, 2.24) is 0 Å². The quantitative estimate of drug-likeness (QED) is 0.709. The first-order valence-corrected chi connectivity index (χ1v) is 6.31. The molecule has 0 amide bonds. The molecule has 0 aliphatic rings. The van der Waals surface area contributed by atoms with Crippen molar-refractivity contribution in [3.63, 3.8) is 0 Å². The van der Waals surface area contributed by atoms with Gasteiger partial charge >= 0.3 is 6.18 Å². The number of benzene rings is 2. The molecule has 0 bridgehead atoms. The average Bonchev–Trinajstić information content (AvgIpc) is 2.38. The summed E-state index contributed by atoms with van der Waals surface area (Å²) in [5, 5.41) is 0. The van der Waals surface area contributed by atoms with Crippen molar-refractivity contribution in [2.75, 3.05) is 0 Å². The van der Waals surface area contributed by atoms with Crippen LogP contribution in [0.5, 0.6) is 11.5 Å².